The predicted molar refractivity (Wildman–Crippen MR) is 63.8 cm³/mol. The van der Waals surface area contributed by atoms with Crippen LogP contribution in [0.2, 0.25) is 5.02 Å². The first-order valence-corrected chi connectivity index (χ1v) is 5.95. The van der Waals surface area contributed by atoms with Crippen LogP contribution >= 0.6 is 11.6 Å². The summed E-state index contributed by atoms with van der Waals surface area (Å²) in [6.07, 6.45) is 2.61. The smallest absolute Gasteiger partial charge is 0.270 e. The third-order valence-electron chi connectivity index (χ3n) is 2.80. The Morgan fingerprint density at radius 2 is 2.38 bits per heavy atom. The molecule has 0 bridgehead atoms. The molecular weight excluding hydrogens is 226 g/mol. The van der Waals surface area contributed by atoms with E-state index in [9.17, 15) is 4.79 Å². The Hall–Kier alpha value is -1.00. The fourth-order valence-corrected chi connectivity index (χ4v) is 1.99. The average Bonchev–Trinajstić information content (AvgIpc) is 2.60. The van der Waals surface area contributed by atoms with Gasteiger partial charge in [-0.3, -0.25) is 4.79 Å². The van der Waals surface area contributed by atoms with E-state index < -0.39 is 0 Å². The molecule has 0 aromatic carbocycles. The summed E-state index contributed by atoms with van der Waals surface area (Å²) < 4.78 is 0. The Labute approximate surface area is 100.0 Å². The third-order valence-corrected chi connectivity index (χ3v) is 3.02. The molecule has 0 atom stereocenters. The molecule has 5 heteroatoms. The van der Waals surface area contributed by atoms with E-state index in [0.29, 0.717) is 16.8 Å². The molecule has 1 aromatic heterocycles. The summed E-state index contributed by atoms with van der Waals surface area (Å²) >= 11 is 5.80. The number of hydrogen-bond acceptors (Lipinski definition) is 2. The molecule has 1 aromatic rings. The van der Waals surface area contributed by atoms with Gasteiger partial charge in [0, 0.05) is 25.8 Å². The normalized spacial score (nSPS) is 15.9. The Morgan fingerprint density at radius 1 is 1.62 bits per heavy atom. The fourth-order valence-electron chi connectivity index (χ4n) is 1.83. The van der Waals surface area contributed by atoms with Gasteiger partial charge >= 0.3 is 0 Å². The first-order chi connectivity index (χ1) is 7.72. The number of carbonyl (C=O) groups excluding carboxylic acids is 1. The van der Waals surface area contributed by atoms with Gasteiger partial charge in [-0.25, -0.2) is 0 Å². The molecule has 1 amide bonds. The topological polar surface area (TPSA) is 48.1 Å². The van der Waals surface area contributed by atoms with Crippen molar-refractivity contribution >= 4 is 17.5 Å². The van der Waals surface area contributed by atoms with Crippen LogP contribution in [0.5, 0.6) is 0 Å². The Bertz CT molecular complexity index is 373. The van der Waals surface area contributed by atoms with Gasteiger partial charge in [-0.1, -0.05) is 18.5 Å². The van der Waals surface area contributed by atoms with Gasteiger partial charge in [-0.2, -0.15) is 0 Å². The molecule has 16 heavy (non-hydrogen) atoms. The van der Waals surface area contributed by atoms with Gasteiger partial charge in [0.25, 0.3) is 5.91 Å². The molecule has 2 N–H and O–H groups in total. The SMILES string of the molecule is CCCN(C(=O)c1cc(Cl)c[nH]1)C1CNC1. The van der Waals surface area contributed by atoms with Crippen LogP contribution in [0.15, 0.2) is 12.3 Å². The molecule has 0 spiro atoms. The lowest BCUT2D eigenvalue weighted by atomic mass is 10.1. The van der Waals surface area contributed by atoms with Crippen LogP contribution in [0.25, 0.3) is 0 Å². The lowest BCUT2D eigenvalue weighted by Gasteiger charge is -2.38. The summed E-state index contributed by atoms with van der Waals surface area (Å²) in [5.41, 5.74) is 0.574. The lowest BCUT2D eigenvalue weighted by Crippen LogP contribution is -2.59. The zero-order valence-corrected chi connectivity index (χ0v) is 10.0. The van der Waals surface area contributed by atoms with Crippen LogP contribution in [-0.4, -0.2) is 41.5 Å². The minimum atomic E-state index is 0.0419. The molecule has 2 heterocycles. The van der Waals surface area contributed by atoms with Crippen LogP contribution in [0.1, 0.15) is 23.8 Å². The number of amides is 1. The van der Waals surface area contributed by atoms with E-state index in [1.165, 1.54) is 0 Å². The number of carbonyl (C=O) groups is 1. The van der Waals surface area contributed by atoms with Crippen molar-refractivity contribution in [2.75, 3.05) is 19.6 Å². The number of nitrogens with one attached hydrogen (secondary N) is 2. The maximum Gasteiger partial charge on any atom is 0.270 e. The Balaban J connectivity index is 2.09. The summed E-state index contributed by atoms with van der Waals surface area (Å²) in [5.74, 6) is 0.0419. The molecule has 0 saturated carbocycles. The lowest BCUT2D eigenvalue weighted by molar-refractivity contribution is 0.0610. The van der Waals surface area contributed by atoms with Gasteiger partial charge in [-0.05, 0) is 12.5 Å². The molecule has 0 unspecified atom stereocenters. The van der Waals surface area contributed by atoms with Gasteiger partial charge in [0.15, 0.2) is 0 Å². The maximum absolute atomic E-state index is 12.2. The Morgan fingerprint density at radius 3 is 2.81 bits per heavy atom. The van der Waals surface area contributed by atoms with Crippen LogP contribution in [0, 0.1) is 0 Å². The number of aromatic amines is 1. The second-order valence-electron chi connectivity index (χ2n) is 4.04. The Kier molecular flexibility index (Phi) is 3.51. The number of aromatic nitrogens is 1. The molecule has 88 valence electrons. The number of nitrogens with zero attached hydrogens (tertiary/aromatic N) is 1. The minimum Gasteiger partial charge on any atom is -0.356 e. The van der Waals surface area contributed by atoms with Crippen LogP contribution in [0.3, 0.4) is 0 Å². The van der Waals surface area contributed by atoms with Crippen molar-refractivity contribution in [3.8, 4) is 0 Å². The quantitative estimate of drug-likeness (QED) is 0.839. The first-order valence-electron chi connectivity index (χ1n) is 5.58. The van der Waals surface area contributed by atoms with Gasteiger partial charge in [0.2, 0.25) is 0 Å². The number of rotatable bonds is 4. The summed E-state index contributed by atoms with van der Waals surface area (Å²) in [4.78, 5) is 17.0. The molecular formula is C11H16ClN3O. The molecule has 1 fully saturated rings. The average molecular weight is 242 g/mol. The second-order valence-corrected chi connectivity index (χ2v) is 4.48. The van der Waals surface area contributed by atoms with Crippen molar-refractivity contribution < 1.29 is 4.79 Å². The highest BCUT2D eigenvalue weighted by Gasteiger charge is 2.28. The van der Waals surface area contributed by atoms with Gasteiger partial charge in [-0.15, -0.1) is 0 Å². The van der Waals surface area contributed by atoms with Crippen molar-refractivity contribution in [2.45, 2.75) is 19.4 Å². The highest BCUT2D eigenvalue weighted by atomic mass is 35.5. The third kappa shape index (κ3) is 2.23. The van der Waals surface area contributed by atoms with E-state index in [2.05, 4.69) is 17.2 Å². The summed E-state index contributed by atoms with van der Waals surface area (Å²) in [6.45, 7) is 4.65. The van der Waals surface area contributed by atoms with Crippen molar-refractivity contribution in [1.29, 1.82) is 0 Å². The predicted octanol–water partition coefficient (Wildman–Crippen LogP) is 1.49. The van der Waals surface area contributed by atoms with Crippen molar-refractivity contribution in [2.24, 2.45) is 0 Å². The van der Waals surface area contributed by atoms with Crippen molar-refractivity contribution in [3.63, 3.8) is 0 Å². The monoisotopic (exact) mass is 241 g/mol. The molecule has 1 saturated heterocycles. The van der Waals surface area contributed by atoms with E-state index in [-0.39, 0.29) is 5.91 Å². The van der Waals surface area contributed by atoms with E-state index >= 15 is 0 Å². The van der Waals surface area contributed by atoms with Crippen LogP contribution in [-0.2, 0) is 0 Å². The largest absolute Gasteiger partial charge is 0.356 e. The highest BCUT2D eigenvalue weighted by Crippen LogP contribution is 2.15. The fraction of sp³-hybridized carbons (Fsp3) is 0.545. The zero-order chi connectivity index (χ0) is 11.5. The molecule has 1 aliphatic heterocycles. The zero-order valence-electron chi connectivity index (χ0n) is 9.29. The first kappa shape index (κ1) is 11.5. The number of hydrogen-bond donors (Lipinski definition) is 2. The number of H-pyrrole nitrogens is 1. The second kappa shape index (κ2) is 4.89. The number of halogens is 1. The van der Waals surface area contributed by atoms with E-state index in [1.807, 2.05) is 4.90 Å². The van der Waals surface area contributed by atoms with Crippen molar-refractivity contribution in [1.82, 2.24) is 15.2 Å². The van der Waals surface area contributed by atoms with Gasteiger partial charge in [0.1, 0.15) is 5.69 Å². The van der Waals surface area contributed by atoms with E-state index in [0.717, 1.165) is 26.1 Å². The maximum atomic E-state index is 12.2. The van der Waals surface area contributed by atoms with Crippen molar-refractivity contribution in [3.05, 3.63) is 23.0 Å². The van der Waals surface area contributed by atoms with E-state index in [4.69, 9.17) is 11.6 Å². The summed E-state index contributed by atoms with van der Waals surface area (Å²) in [5, 5.41) is 3.76. The summed E-state index contributed by atoms with van der Waals surface area (Å²) in [6, 6.07) is 2.01. The van der Waals surface area contributed by atoms with Crippen LogP contribution in [0.4, 0.5) is 0 Å². The standard InChI is InChI=1S/C11H16ClN3O/c1-2-3-15(9-6-13-7-9)11(16)10-4-8(12)5-14-10/h4-5,9,13-14H,2-3,6-7H2,1H3. The molecule has 0 aliphatic carbocycles. The highest BCUT2D eigenvalue weighted by molar-refractivity contribution is 6.30. The van der Waals surface area contributed by atoms with Gasteiger partial charge in [0.05, 0.1) is 11.1 Å². The summed E-state index contributed by atoms with van der Waals surface area (Å²) in [7, 11) is 0. The molecule has 0 radical (unpaired) electrons. The van der Waals surface area contributed by atoms with Crippen LogP contribution < -0.4 is 5.32 Å². The van der Waals surface area contributed by atoms with E-state index in [1.54, 1.807) is 12.3 Å². The molecule has 4 nitrogen and oxygen atoms in total. The minimum absolute atomic E-state index is 0.0419. The van der Waals surface area contributed by atoms with Gasteiger partial charge < -0.3 is 15.2 Å². The molecule has 1 aliphatic rings. The molecule has 2 rings (SSSR count).